The highest BCUT2D eigenvalue weighted by atomic mass is 16.6. The van der Waals surface area contributed by atoms with Gasteiger partial charge in [0.1, 0.15) is 11.7 Å². The molecule has 0 radical (unpaired) electrons. The first-order chi connectivity index (χ1) is 11.8. The lowest BCUT2D eigenvalue weighted by Crippen LogP contribution is -2.55. The number of aliphatic hydroxyl groups excluding tert-OH is 1. The van der Waals surface area contributed by atoms with E-state index in [1.165, 1.54) is 6.92 Å². The Balaban J connectivity index is 3.18. The minimum atomic E-state index is -1.66. The second-order valence-electron chi connectivity index (χ2n) is 8.64. The van der Waals surface area contributed by atoms with E-state index in [-0.39, 0.29) is 17.5 Å². The zero-order valence-electron chi connectivity index (χ0n) is 17.1. The predicted octanol–water partition coefficient (Wildman–Crippen LogP) is 2.67. The lowest BCUT2D eigenvalue weighted by molar-refractivity contribution is -0.186. The van der Waals surface area contributed by atoms with Gasteiger partial charge in [0.15, 0.2) is 0 Å². The summed E-state index contributed by atoms with van der Waals surface area (Å²) < 4.78 is 5.52. The fourth-order valence-electron chi connectivity index (χ4n) is 3.97. The van der Waals surface area contributed by atoms with Crippen LogP contribution in [0.15, 0.2) is 0 Å². The van der Waals surface area contributed by atoms with Gasteiger partial charge >= 0.3 is 5.97 Å². The van der Waals surface area contributed by atoms with Crippen molar-refractivity contribution in [3.05, 3.63) is 0 Å². The first-order valence-corrected chi connectivity index (χ1v) is 9.75. The molecule has 1 aliphatic rings. The number of esters is 1. The standard InChI is InChI=1S/C20H37NO5/c1-7-15-20(6,25)17(22)14(4)16(21)13(3)11-19(5,24)10-8-9-12(2)18(23)26-15/h12-15,17,21-22,24-25H,7-11H2,1-6H3/t12-,13-,14+,15-,17-,19+,20-/m1/s1. The predicted molar refractivity (Wildman–Crippen MR) is 101 cm³/mol. The highest BCUT2D eigenvalue weighted by Gasteiger charge is 2.45. The molecule has 1 rings (SSSR count). The minimum absolute atomic E-state index is 0.228. The number of rotatable bonds is 1. The molecule has 1 heterocycles. The van der Waals surface area contributed by atoms with E-state index in [4.69, 9.17) is 10.1 Å². The molecule has 0 aliphatic carbocycles. The van der Waals surface area contributed by atoms with Crippen LogP contribution in [0.1, 0.15) is 73.6 Å². The zero-order valence-corrected chi connectivity index (χ0v) is 17.1. The Labute approximate surface area is 157 Å². The molecule has 0 aromatic rings. The third kappa shape index (κ3) is 5.51. The van der Waals surface area contributed by atoms with Crippen LogP contribution < -0.4 is 0 Å². The average molecular weight is 372 g/mol. The number of aliphatic hydroxyl groups is 3. The Morgan fingerprint density at radius 2 is 1.77 bits per heavy atom. The number of carbonyl (C=O) groups excluding carboxylic acids is 1. The van der Waals surface area contributed by atoms with E-state index in [2.05, 4.69) is 0 Å². The number of ether oxygens (including phenoxy) is 1. The van der Waals surface area contributed by atoms with Gasteiger partial charge in [-0.1, -0.05) is 27.7 Å². The van der Waals surface area contributed by atoms with Crippen LogP contribution in [0.3, 0.4) is 0 Å². The summed E-state index contributed by atoms with van der Waals surface area (Å²) in [5.74, 6) is -1.60. The average Bonchev–Trinajstić information content (AvgIpc) is 2.55. The van der Waals surface area contributed by atoms with Crippen LogP contribution >= 0.6 is 0 Å². The van der Waals surface area contributed by atoms with Gasteiger partial charge in [-0.3, -0.25) is 4.79 Å². The molecule has 0 aromatic carbocycles. The summed E-state index contributed by atoms with van der Waals surface area (Å²) in [4.78, 5) is 12.4. The van der Waals surface area contributed by atoms with E-state index < -0.39 is 35.3 Å². The Morgan fingerprint density at radius 3 is 2.31 bits per heavy atom. The number of hydrogen-bond donors (Lipinski definition) is 4. The molecule has 1 fully saturated rings. The Kier molecular flexibility index (Phi) is 7.81. The van der Waals surface area contributed by atoms with Crippen molar-refractivity contribution < 1.29 is 24.9 Å². The van der Waals surface area contributed by atoms with E-state index >= 15 is 0 Å². The van der Waals surface area contributed by atoms with Gasteiger partial charge in [-0.15, -0.1) is 0 Å². The molecule has 0 spiro atoms. The molecule has 7 atom stereocenters. The molecular formula is C20H37NO5. The maximum atomic E-state index is 12.4. The zero-order chi connectivity index (χ0) is 20.3. The van der Waals surface area contributed by atoms with Crippen molar-refractivity contribution in [1.82, 2.24) is 0 Å². The van der Waals surface area contributed by atoms with Crippen molar-refractivity contribution in [1.29, 1.82) is 5.41 Å². The normalized spacial score (nSPS) is 44.3. The quantitative estimate of drug-likeness (QED) is 0.530. The van der Waals surface area contributed by atoms with E-state index in [9.17, 15) is 20.1 Å². The Bertz CT molecular complexity index is 502. The minimum Gasteiger partial charge on any atom is -0.459 e. The highest BCUT2D eigenvalue weighted by Crippen LogP contribution is 2.32. The van der Waals surface area contributed by atoms with E-state index in [1.54, 1.807) is 27.7 Å². The smallest absolute Gasteiger partial charge is 0.309 e. The molecule has 0 saturated carbocycles. The largest absolute Gasteiger partial charge is 0.459 e. The van der Waals surface area contributed by atoms with Crippen LogP contribution in [0.2, 0.25) is 0 Å². The van der Waals surface area contributed by atoms with Crippen molar-refractivity contribution >= 4 is 11.7 Å². The van der Waals surface area contributed by atoms with Crippen molar-refractivity contribution in [2.45, 2.75) is 97.1 Å². The molecule has 152 valence electrons. The van der Waals surface area contributed by atoms with Gasteiger partial charge in [-0.05, 0) is 51.9 Å². The van der Waals surface area contributed by atoms with Gasteiger partial charge in [0.05, 0.1) is 17.6 Å². The second-order valence-corrected chi connectivity index (χ2v) is 8.64. The second kappa shape index (κ2) is 8.81. The first-order valence-electron chi connectivity index (χ1n) is 9.75. The van der Waals surface area contributed by atoms with Gasteiger partial charge in [0, 0.05) is 11.6 Å². The number of cyclic esters (lactones) is 1. The van der Waals surface area contributed by atoms with Crippen LogP contribution in [0.4, 0.5) is 0 Å². The molecule has 4 N–H and O–H groups in total. The van der Waals surface area contributed by atoms with Gasteiger partial charge in [0.2, 0.25) is 0 Å². The summed E-state index contributed by atoms with van der Waals surface area (Å²) in [5, 5.41) is 40.7. The molecule has 0 bridgehead atoms. The summed E-state index contributed by atoms with van der Waals surface area (Å²) in [6, 6.07) is 0. The van der Waals surface area contributed by atoms with Gasteiger partial charge in [-0.25, -0.2) is 0 Å². The molecule has 26 heavy (non-hydrogen) atoms. The topological polar surface area (TPSA) is 111 Å². The number of hydrogen-bond acceptors (Lipinski definition) is 6. The SMILES string of the molecule is CC[C@H]1OC(=O)[C@H](C)CCC[C@](C)(O)C[C@@H](C)C(=N)[C@H](C)[C@@H](O)[C@]1(C)O. The van der Waals surface area contributed by atoms with E-state index in [0.29, 0.717) is 32.1 Å². The van der Waals surface area contributed by atoms with E-state index in [1.807, 2.05) is 6.92 Å². The van der Waals surface area contributed by atoms with Crippen LogP contribution in [0.25, 0.3) is 0 Å². The molecule has 6 heteroatoms. The molecular weight excluding hydrogens is 334 g/mol. The molecule has 1 aliphatic heterocycles. The summed E-state index contributed by atoms with van der Waals surface area (Å²) in [7, 11) is 0. The van der Waals surface area contributed by atoms with E-state index in [0.717, 1.165) is 0 Å². The van der Waals surface area contributed by atoms with Crippen molar-refractivity contribution in [3.8, 4) is 0 Å². The van der Waals surface area contributed by atoms with Gasteiger partial charge in [-0.2, -0.15) is 0 Å². The van der Waals surface area contributed by atoms with Gasteiger partial charge < -0.3 is 25.5 Å². The maximum Gasteiger partial charge on any atom is 0.309 e. The Hall–Kier alpha value is -0.980. The monoisotopic (exact) mass is 371 g/mol. The fraction of sp³-hybridized carbons (Fsp3) is 0.900. The lowest BCUT2D eigenvalue weighted by Gasteiger charge is -2.40. The molecule has 6 nitrogen and oxygen atoms in total. The third-order valence-electron chi connectivity index (χ3n) is 5.88. The molecule has 0 unspecified atom stereocenters. The Morgan fingerprint density at radius 1 is 1.19 bits per heavy atom. The van der Waals surface area contributed by atoms with Crippen LogP contribution in [0, 0.1) is 23.2 Å². The summed E-state index contributed by atoms with van der Waals surface area (Å²) >= 11 is 0. The van der Waals surface area contributed by atoms with Crippen molar-refractivity contribution in [3.63, 3.8) is 0 Å². The highest BCUT2D eigenvalue weighted by molar-refractivity contribution is 5.86. The number of carbonyl (C=O) groups is 1. The van der Waals surface area contributed by atoms with Gasteiger partial charge in [0.25, 0.3) is 0 Å². The van der Waals surface area contributed by atoms with Crippen LogP contribution in [-0.2, 0) is 9.53 Å². The molecule has 0 aromatic heterocycles. The first kappa shape index (κ1) is 23.1. The lowest BCUT2D eigenvalue weighted by atomic mass is 9.76. The van der Waals surface area contributed by atoms with Crippen molar-refractivity contribution in [2.24, 2.45) is 17.8 Å². The van der Waals surface area contributed by atoms with Crippen LogP contribution in [0.5, 0.6) is 0 Å². The summed E-state index contributed by atoms with van der Waals surface area (Å²) in [5.41, 5.74) is -2.33. The molecule has 0 amide bonds. The molecule has 1 saturated heterocycles. The maximum absolute atomic E-state index is 12.4. The number of nitrogens with one attached hydrogen (secondary N) is 1. The van der Waals surface area contributed by atoms with Crippen molar-refractivity contribution in [2.75, 3.05) is 0 Å². The third-order valence-corrected chi connectivity index (χ3v) is 5.88. The summed E-state index contributed by atoms with van der Waals surface area (Å²) in [6.07, 6.45) is 0.470. The summed E-state index contributed by atoms with van der Waals surface area (Å²) in [6.45, 7) is 10.3. The van der Waals surface area contributed by atoms with Crippen LogP contribution in [-0.4, -0.2) is 50.4 Å². The fourth-order valence-corrected chi connectivity index (χ4v) is 3.97.